The molecule has 38 heavy (non-hydrogen) atoms. The number of carbonyl (C=O) groups excluding carboxylic acids is 3. The number of carboxylic acids is 2. The van der Waals surface area contributed by atoms with Crippen molar-refractivity contribution in [3.05, 3.63) is 36.0 Å². The summed E-state index contributed by atoms with van der Waals surface area (Å²) < 4.78 is 0. The molecule has 13 heteroatoms. The number of aromatic nitrogens is 1. The van der Waals surface area contributed by atoms with Crippen LogP contribution >= 0.6 is 0 Å². The zero-order valence-electron chi connectivity index (χ0n) is 21.4. The van der Waals surface area contributed by atoms with Crippen molar-refractivity contribution in [2.45, 2.75) is 70.3 Å². The summed E-state index contributed by atoms with van der Waals surface area (Å²) in [6.45, 7) is 4.67. The third kappa shape index (κ3) is 8.02. The molecule has 0 aliphatic heterocycles. The maximum absolute atomic E-state index is 13.1. The number of H-pyrrole nitrogens is 1. The highest BCUT2D eigenvalue weighted by molar-refractivity contribution is 5.95. The van der Waals surface area contributed by atoms with Crippen molar-refractivity contribution in [3.8, 4) is 0 Å². The molecule has 2 aromatic rings. The number of hydrogen-bond donors (Lipinski definition) is 8. The number of aliphatic hydroxyl groups excluding tert-OH is 1. The number of fused-ring (bicyclic) bond motifs is 1. The lowest BCUT2D eigenvalue weighted by molar-refractivity contribution is -0.143. The van der Waals surface area contributed by atoms with E-state index in [0.29, 0.717) is 12.0 Å². The van der Waals surface area contributed by atoms with Crippen LogP contribution in [0.5, 0.6) is 0 Å². The van der Waals surface area contributed by atoms with Crippen LogP contribution < -0.4 is 21.7 Å². The molecule has 0 fully saturated rings. The molecule has 6 atom stereocenters. The van der Waals surface area contributed by atoms with Gasteiger partial charge in [0.2, 0.25) is 17.7 Å². The number of aliphatic carboxylic acids is 2. The van der Waals surface area contributed by atoms with Crippen molar-refractivity contribution in [2.75, 3.05) is 0 Å². The lowest BCUT2D eigenvalue weighted by Gasteiger charge is -2.28. The molecule has 0 saturated heterocycles. The fourth-order valence-electron chi connectivity index (χ4n) is 3.87. The van der Waals surface area contributed by atoms with Crippen LogP contribution in [0.4, 0.5) is 0 Å². The standard InChI is InChI=1S/C25H35N5O8/c1-4-12(2)20(29-22(34)16(26)10-19(32)33)23(35)30-21(13(3)31)24(36)28-18(25(37)38)9-14-11-27-17-8-6-5-7-15(14)17/h5-8,11-13,16,18,20-21,27,31H,4,9-10,26H2,1-3H3,(H,28,36)(H,29,34)(H,30,35)(H,32,33)(H,37,38). The van der Waals surface area contributed by atoms with Crippen LogP contribution in [0, 0.1) is 5.92 Å². The first-order valence-corrected chi connectivity index (χ1v) is 12.2. The molecule has 3 amide bonds. The topological polar surface area (TPSA) is 224 Å². The van der Waals surface area contributed by atoms with E-state index in [-0.39, 0.29) is 6.42 Å². The molecular formula is C25H35N5O8. The Labute approximate surface area is 219 Å². The molecule has 0 aliphatic carbocycles. The third-order valence-electron chi connectivity index (χ3n) is 6.30. The molecule has 0 spiro atoms. The first-order chi connectivity index (χ1) is 17.8. The molecule has 6 unspecified atom stereocenters. The number of benzene rings is 1. The van der Waals surface area contributed by atoms with Gasteiger partial charge in [-0.1, -0.05) is 38.5 Å². The quantitative estimate of drug-likeness (QED) is 0.156. The number of nitrogens with one attached hydrogen (secondary N) is 4. The van der Waals surface area contributed by atoms with E-state index in [4.69, 9.17) is 10.8 Å². The summed E-state index contributed by atoms with van der Waals surface area (Å²) >= 11 is 0. The molecular weight excluding hydrogens is 498 g/mol. The number of carbonyl (C=O) groups is 5. The number of para-hydroxylation sites is 1. The van der Waals surface area contributed by atoms with Crippen molar-refractivity contribution in [2.24, 2.45) is 11.7 Å². The lowest BCUT2D eigenvalue weighted by Crippen LogP contribution is -2.61. The van der Waals surface area contributed by atoms with Crippen molar-refractivity contribution in [1.29, 1.82) is 0 Å². The van der Waals surface area contributed by atoms with Crippen LogP contribution in [0.2, 0.25) is 0 Å². The summed E-state index contributed by atoms with van der Waals surface area (Å²) in [4.78, 5) is 64.3. The highest BCUT2D eigenvalue weighted by Crippen LogP contribution is 2.19. The number of nitrogens with two attached hydrogens (primary N) is 1. The summed E-state index contributed by atoms with van der Waals surface area (Å²) in [7, 11) is 0. The van der Waals surface area contributed by atoms with Crippen molar-refractivity contribution in [1.82, 2.24) is 20.9 Å². The number of rotatable bonds is 14. The number of hydrogen-bond acceptors (Lipinski definition) is 7. The average Bonchev–Trinajstić information content (AvgIpc) is 3.26. The predicted octanol–water partition coefficient (Wildman–Crippen LogP) is -0.522. The van der Waals surface area contributed by atoms with Gasteiger partial charge in [-0.15, -0.1) is 0 Å². The normalized spacial score (nSPS) is 15.9. The van der Waals surface area contributed by atoms with E-state index >= 15 is 0 Å². The highest BCUT2D eigenvalue weighted by Gasteiger charge is 2.34. The van der Waals surface area contributed by atoms with Crippen molar-refractivity contribution < 1.29 is 39.3 Å². The molecule has 2 rings (SSSR count). The Kier molecular flexibility index (Phi) is 10.8. The fourth-order valence-corrected chi connectivity index (χ4v) is 3.87. The Morgan fingerprint density at radius 3 is 2.13 bits per heavy atom. The van der Waals surface area contributed by atoms with Gasteiger partial charge in [0, 0.05) is 23.5 Å². The zero-order chi connectivity index (χ0) is 28.6. The van der Waals surface area contributed by atoms with Crippen LogP contribution in [0.3, 0.4) is 0 Å². The Hall–Kier alpha value is -3.97. The molecule has 1 aromatic carbocycles. The number of carboxylic acid groups (broad SMARTS) is 2. The van der Waals surface area contributed by atoms with Crippen molar-refractivity contribution >= 4 is 40.6 Å². The minimum absolute atomic E-state index is 0.0570. The Bertz CT molecular complexity index is 1160. The fraction of sp³-hybridized carbons (Fsp3) is 0.480. The van der Waals surface area contributed by atoms with Crippen LogP contribution in [-0.2, 0) is 30.4 Å². The molecule has 1 heterocycles. The predicted molar refractivity (Wildman–Crippen MR) is 137 cm³/mol. The zero-order valence-corrected chi connectivity index (χ0v) is 21.4. The number of aliphatic hydroxyl groups is 1. The van der Waals surface area contributed by atoms with E-state index in [1.807, 2.05) is 18.2 Å². The SMILES string of the molecule is CCC(C)C(NC(=O)C(N)CC(=O)O)C(=O)NC(C(=O)NC(Cc1c[nH]c2ccccc12)C(=O)O)C(C)O. The lowest BCUT2D eigenvalue weighted by atomic mass is 9.97. The highest BCUT2D eigenvalue weighted by atomic mass is 16.4. The van der Waals surface area contributed by atoms with E-state index in [0.717, 1.165) is 10.9 Å². The molecule has 13 nitrogen and oxygen atoms in total. The van der Waals surface area contributed by atoms with E-state index < -0.39 is 72.3 Å². The molecule has 1 aromatic heterocycles. The minimum Gasteiger partial charge on any atom is -0.481 e. The second kappa shape index (κ2) is 13.5. The van der Waals surface area contributed by atoms with Crippen LogP contribution in [0.15, 0.2) is 30.5 Å². The molecule has 0 saturated carbocycles. The van der Waals surface area contributed by atoms with Gasteiger partial charge >= 0.3 is 11.9 Å². The largest absolute Gasteiger partial charge is 0.481 e. The monoisotopic (exact) mass is 533 g/mol. The summed E-state index contributed by atoms with van der Waals surface area (Å²) in [5.41, 5.74) is 7.05. The third-order valence-corrected chi connectivity index (χ3v) is 6.30. The molecule has 208 valence electrons. The van der Waals surface area contributed by atoms with E-state index in [1.54, 1.807) is 26.1 Å². The van der Waals surface area contributed by atoms with Crippen LogP contribution in [0.25, 0.3) is 10.9 Å². The van der Waals surface area contributed by atoms with Gasteiger partial charge in [-0.2, -0.15) is 0 Å². The molecule has 0 bridgehead atoms. The second-order valence-corrected chi connectivity index (χ2v) is 9.27. The van der Waals surface area contributed by atoms with Gasteiger partial charge < -0.3 is 42.0 Å². The number of aromatic amines is 1. The summed E-state index contributed by atoms with van der Waals surface area (Å²) in [6, 6.07) is 1.77. The summed E-state index contributed by atoms with van der Waals surface area (Å²) in [5, 5.41) is 36.8. The van der Waals surface area contributed by atoms with Gasteiger partial charge in [-0.3, -0.25) is 19.2 Å². The smallest absolute Gasteiger partial charge is 0.326 e. The number of amides is 3. The van der Waals surface area contributed by atoms with Gasteiger partial charge in [0.25, 0.3) is 0 Å². The minimum atomic E-state index is -1.54. The molecule has 0 radical (unpaired) electrons. The maximum atomic E-state index is 13.1. The van der Waals surface area contributed by atoms with Crippen LogP contribution in [0.1, 0.15) is 39.2 Å². The molecule has 9 N–H and O–H groups in total. The Morgan fingerprint density at radius 2 is 1.55 bits per heavy atom. The average molecular weight is 534 g/mol. The van der Waals surface area contributed by atoms with E-state index in [1.165, 1.54) is 6.92 Å². The van der Waals surface area contributed by atoms with Gasteiger partial charge in [0.05, 0.1) is 18.6 Å². The molecule has 0 aliphatic rings. The van der Waals surface area contributed by atoms with Gasteiger partial charge in [-0.05, 0) is 24.5 Å². The first-order valence-electron chi connectivity index (χ1n) is 12.2. The van der Waals surface area contributed by atoms with E-state index in [9.17, 15) is 34.2 Å². The maximum Gasteiger partial charge on any atom is 0.326 e. The van der Waals surface area contributed by atoms with E-state index in [2.05, 4.69) is 20.9 Å². The summed E-state index contributed by atoms with van der Waals surface area (Å²) in [5.74, 6) is -5.66. The Morgan fingerprint density at radius 1 is 0.947 bits per heavy atom. The second-order valence-electron chi connectivity index (χ2n) is 9.27. The summed E-state index contributed by atoms with van der Waals surface area (Å²) in [6.07, 6.45) is -0.0340. The first kappa shape index (κ1) is 30.3. The van der Waals surface area contributed by atoms with Gasteiger partial charge in [-0.25, -0.2) is 4.79 Å². The van der Waals surface area contributed by atoms with Crippen molar-refractivity contribution in [3.63, 3.8) is 0 Å². The van der Waals surface area contributed by atoms with Gasteiger partial charge in [0.1, 0.15) is 18.1 Å². The van der Waals surface area contributed by atoms with Gasteiger partial charge in [0.15, 0.2) is 0 Å². The Balaban J connectivity index is 2.17. The van der Waals surface area contributed by atoms with Crippen LogP contribution in [-0.4, -0.2) is 80.2 Å².